The summed E-state index contributed by atoms with van der Waals surface area (Å²) in [4.78, 5) is 5.62. The number of hydrogen-bond donors (Lipinski definition) is 0. The average Bonchev–Trinajstić information content (AvgIpc) is 3.91. The molecule has 0 aliphatic rings. The van der Waals surface area contributed by atoms with Gasteiger partial charge in [0.15, 0.2) is 0 Å². The van der Waals surface area contributed by atoms with Crippen molar-refractivity contribution in [2.24, 2.45) is 0 Å². The third-order valence-electron chi connectivity index (χ3n) is 16.5. The summed E-state index contributed by atoms with van der Waals surface area (Å²) in [5.41, 5.74) is 15.6. The summed E-state index contributed by atoms with van der Waals surface area (Å²) in [5.74, 6) is 0. The molecule has 0 aliphatic heterocycles. The number of para-hydroxylation sites is 4. The van der Waals surface area contributed by atoms with Crippen molar-refractivity contribution >= 4 is 109 Å². The van der Waals surface area contributed by atoms with Crippen molar-refractivity contribution in [2.75, 3.05) is 0 Å². The Morgan fingerprint density at radius 2 is 0.738 bits per heavy atom. The molecule has 80 heavy (non-hydrogen) atoms. The van der Waals surface area contributed by atoms with Crippen LogP contribution in [-0.4, -0.2) is 14.1 Å². The topological polar surface area (TPSA) is 72.8 Å². The lowest BCUT2D eigenvalue weighted by Gasteiger charge is -2.28. The van der Waals surface area contributed by atoms with Crippen molar-refractivity contribution in [3.8, 4) is 62.2 Å². The first-order valence-corrected chi connectivity index (χ1v) is 27.0. The number of benzene rings is 12. The van der Waals surface area contributed by atoms with E-state index in [9.17, 15) is 5.26 Å². The lowest BCUT2D eigenvalue weighted by molar-refractivity contribution is 0.668. The van der Waals surface area contributed by atoms with Crippen molar-refractivity contribution < 1.29 is 8.83 Å². The lowest BCUT2D eigenvalue weighted by Crippen LogP contribution is -2.12. The van der Waals surface area contributed by atoms with E-state index in [1.807, 2.05) is 42.5 Å². The van der Waals surface area contributed by atoms with Gasteiger partial charge in [0.1, 0.15) is 28.4 Å². The maximum absolute atomic E-state index is 12.6. The molecule has 370 valence electrons. The van der Waals surface area contributed by atoms with Crippen LogP contribution in [-0.2, 0) is 0 Å². The summed E-state index contributed by atoms with van der Waals surface area (Å²) < 4.78 is 18.5. The van der Waals surface area contributed by atoms with Gasteiger partial charge in [-0.25, -0.2) is 4.98 Å². The molecule has 0 fully saturated rings. The van der Waals surface area contributed by atoms with Gasteiger partial charge in [0.2, 0.25) is 0 Å². The van der Waals surface area contributed by atoms with E-state index in [0.717, 1.165) is 154 Å². The van der Waals surface area contributed by atoms with E-state index in [0.29, 0.717) is 16.8 Å². The Labute approximate surface area is 457 Å². The second-order valence-corrected chi connectivity index (χ2v) is 20.8. The van der Waals surface area contributed by atoms with E-state index in [2.05, 4.69) is 228 Å². The van der Waals surface area contributed by atoms with Gasteiger partial charge in [-0.1, -0.05) is 170 Å². The first-order valence-electron chi connectivity index (χ1n) is 27.0. The highest BCUT2D eigenvalue weighted by Crippen LogP contribution is 2.53. The van der Waals surface area contributed by atoms with Crippen LogP contribution < -0.4 is 0 Å². The summed E-state index contributed by atoms with van der Waals surface area (Å²) in [6.45, 7) is 0. The molecule has 0 radical (unpaired) electrons. The normalized spacial score (nSPS) is 12.0. The first-order chi connectivity index (χ1) is 39.6. The Morgan fingerprint density at radius 3 is 1.29 bits per heavy atom. The number of fused-ring (bicyclic) bond motifs is 14. The zero-order chi connectivity index (χ0) is 52.6. The molecular formula is C74H42N4O2. The van der Waals surface area contributed by atoms with Crippen LogP contribution in [0.1, 0.15) is 5.56 Å². The maximum atomic E-state index is 12.6. The Bertz CT molecular complexity index is 5510. The second kappa shape index (κ2) is 17.0. The fourth-order valence-corrected chi connectivity index (χ4v) is 13.0. The molecule has 0 N–H and O–H groups in total. The quantitative estimate of drug-likeness (QED) is 0.166. The van der Waals surface area contributed by atoms with Crippen LogP contribution >= 0.6 is 0 Å². The van der Waals surface area contributed by atoms with Gasteiger partial charge in [-0.05, 0) is 118 Å². The predicted molar refractivity (Wildman–Crippen MR) is 329 cm³/mol. The van der Waals surface area contributed by atoms with Crippen LogP contribution in [0.2, 0.25) is 0 Å². The van der Waals surface area contributed by atoms with E-state index in [4.69, 9.17) is 13.8 Å². The zero-order valence-corrected chi connectivity index (χ0v) is 42.9. The molecule has 0 unspecified atom stereocenters. The van der Waals surface area contributed by atoms with Gasteiger partial charge in [0.25, 0.3) is 0 Å². The molecule has 0 saturated carbocycles. The van der Waals surface area contributed by atoms with Crippen molar-refractivity contribution in [1.82, 2.24) is 14.1 Å². The highest BCUT2D eigenvalue weighted by atomic mass is 16.3. The van der Waals surface area contributed by atoms with Crippen molar-refractivity contribution in [3.63, 3.8) is 0 Å². The van der Waals surface area contributed by atoms with Crippen LogP contribution in [0.5, 0.6) is 0 Å². The van der Waals surface area contributed by atoms with Crippen molar-refractivity contribution in [3.05, 3.63) is 260 Å². The van der Waals surface area contributed by atoms with Gasteiger partial charge in [0.05, 0.1) is 50.4 Å². The number of nitrogens with zero attached hydrogens (tertiary/aromatic N) is 4. The Balaban J connectivity index is 1.16. The molecule has 5 aromatic heterocycles. The third-order valence-corrected chi connectivity index (χ3v) is 16.5. The molecule has 6 heteroatoms. The molecule has 0 amide bonds. The standard InChI is InChI=1S/C74H42N4O2/c75-43-59-70(49-33-35-55-53-25-10-14-31-66(53)79-68(55)41-49)73(77-62-29-12-8-23-51(62)57-37-45-19-4-6-21-47(45)39-64(57)77)74(78-63-30-13-9-24-52(63)58-38-46-20-5-7-22-48(46)40-65(58)78)71(50-34-36-56-54-26-11-15-32-67(54)80-69(56)42-50)72(59)61-28-16-27-60(76-61)44-17-2-1-3-18-44/h1-42H. The first kappa shape index (κ1) is 44.2. The molecule has 12 aromatic carbocycles. The van der Waals surface area contributed by atoms with E-state index in [-0.39, 0.29) is 0 Å². The monoisotopic (exact) mass is 1020 g/mol. The molecule has 17 rings (SSSR count). The number of hydrogen-bond acceptors (Lipinski definition) is 4. The third kappa shape index (κ3) is 6.43. The minimum atomic E-state index is 0.467. The number of rotatable bonds is 6. The fraction of sp³-hybridized carbons (Fsp3) is 0. The van der Waals surface area contributed by atoms with Crippen LogP contribution in [0.25, 0.3) is 165 Å². The Kier molecular flexibility index (Phi) is 9.38. The molecule has 0 bridgehead atoms. The molecule has 0 spiro atoms. The summed E-state index contributed by atoms with van der Waals surface area (Å²) in [6.07, 6.45) is 0. The molecular weight excluding hydrogens is 977 g/mol. The lowest BCUT2D eigenvalue weighted by atomic mass is 9.84. The van der Waals surface area contributed by atoms with Gasteiger partial charge < -0.3 is 18.0 Å². The van der Waals surface area contributed by atoms with Crippen LogP contribution in [0.15, 0.2) is 264 Å². The average molecular weight is 1020 g/mol. The van der Waals surface area contributed by atoms with Crippen LogP contribution in [0.3, 0.4) is 0 Å². The molecule has 0 aliphatic carbocycles. The predicted octanol–water partition coefficient (Wildman–Crippen LogP) is 19.9. The summed E-state index contributed by atoms with van der Waals surface area (Å²) >= 11 is 0. The van der Waals surface area contributed by atoms with E-state index >= 15 is 0 Å². The second-order valence-electron chi connectivity index (χ2n) is 20.8. The van der Waals surface area contributed by atoms with Crippen molar-refractivity contribution in [1.29, 1.82) is 5.26 Å². The highest BCUT2D eigenvalue weighted by Gasteiger charge is 2.34. The van der Waals surface area contributed by atoms with Gasteiger partial charge in [-0.15, -0.1) is 0 Å². The number of furan rings is 2. The van der Waals surface area contributed by atoms with E-state index in [1.54, 1.807) is 0 Å². The smallest absolute Gasteiger partial charge is 0.136 e. The van der Waals surface area contributed by atoms with E-state index < -0.39 is 0 Å². The van der Waals surface area contributed by atoms with Crippen molar-refractivity contribution in [2.45, 2.75) is 0 Å². The molecule has 0 atom stereocenters. The van der Waals surface area contributed by atoms with Crippen LogP contribution in [0, 0.1) is 11.3 Å². The fourth-order valence-electron chi connectivity index (χ4n) is 13.0. The van der Waals surface area contributed by atoms with Gasteiger partial charge in [0, 0.05) is 65.3 Å². The number of aromatic nitrogens is 3. The molecule has 6 nitrogen and oxygen atoms in total. The van der Waals surface area contributed by atoms with Gasteiger partial charge >= 0.3 is 0 Å². The van der Waals surface area contributed by atoms with E-state index in [1.165, 1.54) is 0 Å². The Hall–Kier alpha value is -11.0. The highest BCUT2D eigenvalue weighted by molar-refractivity contribution is 6.19. The SMILES string of the molecule is N#Cc1c(-c2cccc(-c3ccccc3)n2)c(-c2ccc3c(c2)oc2ccccc23)c(-n2c3ccccc3c3cc4ccccc4cc32)c(-n2c3ccccc3c3cc4ccccc4cc32)c1-c1ccc2c(c1)oc1ccccc12. The molecule has 0 saturated heterocycles. The summed E-state index contributed by atoms with van der Waals surface area (Å²) in [7, 11) is 0. The molecule has 17 aromatic rings. The number of pyridine rings is 1. The van der Waals surface area contributed by atoms with Gasteiger partial charge in [-0.3, -0.25) is 0 Å². The minimum Gasteiger partial charge on any atom is -0.456 e. The maximum Gasteiger partial charge on any atom is 0.136 e. The largest absolute Gasteiger partial charge is 0.456 e. The number of nitriles is 1. The summed E-state index contributed by atoms with van der Waals surface area (Å²) in [6, 6.07) is 92.8. The van der Waals surface area contributed by atoms with Crippen LogP contribution in [0.4, 0.5) is 0 Å². The minimum absolute atomic E-state index is 0.467. The summed E-state index contributed by atoms with van der Waals surface area (Å²) in [5, 5.41) is 25.6. The Morgan fingerprint density at radius 1 is 0.300 bits per heavy atom. The molecule has 5 heterocycles. The zero-order valence-electron chi connectivity index (χ0n) is 42.9. The van der Waals surface area contributed by atoms with Gasteiger partial charge in [-0.2, -0.15) is 5.26 Å².